The van der Waals surface area contributed by atoms with Crippen molar-refractivity contribution in [2.45, 2.75) is 31.3 Å². The van der Waals surface area contributed by atoms with Crippen LogP contribution in [0.25, 0.3) is 22.6 Å². The van der Waals surface area contributed by atoms with Gasteiger partial charge in [-0.15, -0.1) is 0 Å². The number of para-hydroxylation sites is 2. The van der Waals surface area contributed by atoms with Crippen molar-refractivity contribution in [3.05, 3.63) is 48.7 Å². The highest BCUT2D eigenvalue weighted by atomic mass is 32.2. The van der Waals surface area contributed by atoms with E-state index in [2.05, 4.69) is 56.5 Å². The first kappa shape index (κ1) is 16.3. The van der Waals surface area contributed by atoms with Gasteiger partial charge in [0, 0.05) is 37.1 Å². The average Bonchev–Trinajstić information content (AvgIpc) is 3.37. The van der Waals surface area contributed by atoms with Gasteiger partial charge in [-0.3, -0.25) is 9.88 Å². The van der Waals surface area contributed by atoms with Gasteiger partial charge >= 0.3 is 0 Å². The minimum Gasteiger partial charge on any atom is -0.319 e. The van der Waals surface area contributed by atoms with Gasteiger partial charge in [-0.1, -0.05) is 18.2 Å². The number of hydrogen-bond donors (Lipinski definition) is 0. The Morgan fingerprint density at radius 3 is 2.54 bits per heavy atom. The van der Waals surface area contributed by atoms with E-state index < -0.39 is 0 Å². The summed E-state index contributed by atoms with van der Waals surface area (Å²) in [6.45, 7) is 2.40. The van der Waals surface area contributed by atoms with Crippen molar-refractivity contribution in [1.82, 2.24) is 19.4 Å². The standard InChI is InChI=1S/C21H24N4S/c1-2-7-20-18(5-1)23-21(19-6-3-4-11-22-19)25(20)16-8-12-24(13-9-16)17-10-14-26-15-17/h1-7,11,16-17H,8-10,12-15H2. The molecule has 134 valence electrons. The summed E-state index contributed by atoms with van der Waals surface area (Å²) in [4.78, 5) is 12.2. The Balaban J connectivity index is 1.48. The van der Waals surface area contributed by atoms with E-state index >= 15 is 0 Å². The van der Waals surface area contributed by atoms with Gasteiger partial charge in [0.1, 0.15) is 5.69 Å². The van der Waals surface area contributed by atoms with Crippen LogP contribution in [0.5, 0.6) is 0 Å². The zero-order valence-corrected chi connectivity index (χ0v) is 15.7. The Labute approximate surface area is 158 Å². The number of fused-ring (bicyclic) bond motifs is 1. The summed E-state index contributed by atoms with van der Waals surface area (Å²) in [5.41, 5.74) is 3.28. The van der Waals surface area contributed by atoms with E-state index in [1.54, 1.807) is 0 Å². The summed E-state index contributed by atoms with van der Waals surface area (Å²) in [7, 11) is 0. The molecule has 1 aromatic carbocycles. The number of rotatable bonds is 3. The molecular weight excluding hydrogens is 340 g/mol. The third-order valence-electron chi connectivity index (χ3n) is 5.78. The highest BCUT2D eigenvalue weighted by molar-refractivity contribution is 7.99. The summed E-state index contributed by atoms with van der Waals surface area (Å²) in [6, 6.07) is 15.9. The first-order valence-corrected chi connectivity index (χ1v) is 10.8. The van der Waals surface area contributed by atoms with Crippen molar-refractivity contribution in [1.29, 1.82) is 0 Å². The van der Waals surface area contributed by atoms with Crippen molar-refractivity contribution in [3.8, 4) is 11.5 Å². The summed E-state index contributed by atoms with van der Waals surface area (Å²) in [6.07, 6.45) is 5.62. The van der Waals surface area contributed by atoms with Crippen LogP contribution < -0.4 is 0 Å². The average molecular weight is 365 g/mol. The Hall–Kier alpha value is -1.85. The van der Waals surface area contributed by atoms with Crippen molar-refractivity contribution >= 4 is 22.8 Å². The van der Waals surface area contributed by atoms with E-state index in [0.29, 0.717) is 6.04 Å². The lowest BCUT2D eigenvalue weighted by Gasteiger charge is -2.36. The summed E-state index contributed by atoms with van der Waals surface area (Å²) >= 11 is 2.11. The monoisotopic (exact) mass is 364 g/mol. The molecule has 5 heteroatoms. The Morgan fingerprint density at radius 2 is 1.77 bits per heavy atom. The van der Waals surface area contributed by atoms with Crippen LogP contribution in [0.1, 0.15) is 25.3 Å². The van der Waals surface area contributed by atoms with Gasteiger partial charge in [0.15, 0.2) is 5.82 Å². The highest BCUT2D eigenvalue weighted by Gasteiger charge is 2.30. The molecular formula is C21H24N4S. The number of hydrogen-bond acceptors (Lipinski definition) is 4. The topological polar surface area (TPSA) is 34.0 Å². The lowest BCUT2D eigenvalue weighted by molar-refractivity contribution is 0.148. The van der Waals surface area contributed by atoms with Crippen LogP contribution in [0, 0.1) is 0 Å². The fraction of sp³-hybridized carbons (Fsp3) is 0.429. The maximum absolute atomic E-state index is 4.94. The third kappa shape index (κ3) is 2.93. The second-order valence-electron chi connectivity index (χ2n) is 7.29. The summed E-state index contributed by atoms with van der Waals surface area (Å²) < 4.78 is 2.46. The molecule has 0 radical (unpaired) electrons. The van der Waals surface area contributed by atoms with Crippen molar-refractivity contribution in [3.63, 3.8) is 0 Å². The molecule has 2 fully saturated rings. The number of imidazole rings is 1. The number of piperidine rings is 1. The second-order valence-corrected chi connectivity index (χ2v) is 8.44. The van der Waals surface area contributed by atoms with Crippen molar-refractivity contribution in [2.24, 2.45) is 0 Å². The fourth-order valence-electron chi connectivity index (χ4n) is 4.41. The van der Waals surface area contributed by atoms with Crippen LogP contribution in [0.3, 0.4) is 0 Å². The Bertz CT molecular complexity index is 877. The smallest absolute Gasteiger partial charge is 0.160 e. The number of pyridine rings is 1. The molecule has 0 spiro atoms. The SMILES string of the molecule is c1ccc(-c2nc3ccccc3n2C2CCN(C3CCSC3)CC2)nc1. The normalized spacial score (nSPS) is 22.2. The van der Waals surface area contributed by atoms with E-state index in [4.69, 9.17) is 4.98 Å². The van der Waals surface area contributed by atoms with Crippen LogP contribution >= 0.6 is 11.8 Å². The van der Waals surface area contributed by atoms with E-state index in [9.17, 15) is 0 Å². The first-order chi connectivity index (χ1) is 12.9. The molecule has 2 aromatic heterocycles. The van der Waals surface area contributed by atoms with Crippen LogP contribution in [0.4, 0.5) is 0 Å². The largest absolute Gasteiger partial charge is 0.319 e. The zero-order chi connectivity index (χ0) is 17.3. The van der Waals surface area contributed by atoms with Crippen LogP contribution in [-0.2, 0) is 0 Å². The van der Waals surface area contributed by atoms with Gasteiger partial charge in [0.05, 0.1) is 11.0 Å². The van der Waals surface area contributed by atoms with Gasteiger partial charge in [-0.05, 0) is 49.3 Å². The molecule has 5 rings (SSSR count). The molecule has 1 unspecified atom stereocenters. The second kappa shape index (κ2) is 7.05. The number of likely N-dealkylation sites (tertiary alicyclic amines) is 1. The van der Waals surface area contributed by atoms with E-state index in [0.717, 1.165) is 23.1 Å². The molecule has 4 nitrogen and oxygen atoms in total. The molecule has 1 atom stereocenters. The predicted octanol–water partition coefficient (Wildman–Crippen LogP) is 4.24. The van der Waals surface area contributed by atoms with Crippen LogP contribution in [0.15, 0.2) is 48.7 Å². The van der Waals surface area contributed by atoms with Crippen LogP contribution in [-0.4, -0.2) is 50.1 Å². The molecule has 2 aliphatic heterocycles. The third-order valence-corrected chi connectivity index (χ3v) is 6.92. The van der Waals surface area contributed by atoms with Gasteiger partial charge in [0.2, 0.25) is 0 Å². The predicted molar refractivity (Wildman–Crippen MR) is 109 cm³/mol. The Morgan fingerprint density at radius 1 is 0.923 bits per heavy atom. The number of aromatic nitrogens is 3. The summed E-state index contributed by atoms with van der Waals surface area (Å²) in [5.74, 6) is 3.67. The molecule has 2 saturated heterocycles. The first-order valence-electron chi connectivity index (χ1n) is 9.60. The lowest BCUT2D eigenvalue weighted by atomic mass is 10.0. The zero-order valence-electron chi connectivity index (χ0n) is 14.9. The molecule has 0 aliphatic carbocycles. The highest BCUT2D eigenvalue weighted by Crippen LogP contribution is 2.34. The molecule has 0 N–H and O–H groups in total. The number of benzene rings is 1. The van der Waals surface area contributed by atoms with Crippen molar-refractivity contribution < 1.29 is 0 Å². The quantitative estimate of drug-likeness (QED) is 0.696. The maximum Gasteiger partial charge on any atom is 0.160 e. The molecule has 2 aliphatic rings. The van der Waals surface area contributed by atoms with Gasteiger partial charge < -0.3 is 4.57 Å². The van der Waals surface area contributed by atoms with Gasteiger partial charge in [-0.2, -0.15) is 11.8 Å². The lowest BCUT2D eigenvalue weighted by Crippen LogP contribution is -2.41. The van der Waals surface area contributed by atoms with Gasteiger partial charge in [0.25, 0.3) is 0 Å². The maximum atomic E-state index is 4.94. The van der Waals surface area contributed by atoms with Gasteiger partial charge in [-0.25, -0.2) is 4.98 Å². The van der Waals surface area contributed by atoms with Crippen molar-refractivity contribution in [2.75, 3.05) is 24.6 Å². The number of nitrogens with zero attached hydrogens (tertiary/aromatic N) is 4. The molecule has 0 amide bonds. The number of thioether (sulfide) groups is 1. The fourth-order valence-corrected chi connectivity index (χ4v) is 5.66. The van der Waals surface area contributed by atoms with Crippen LogP contribution in [0.2, 0.25) is 0 Å². The molecule has 0 bridgehead atoms. The minimum atomic E-state index is 0.504. The Kier molecular flexibility index (Phi) is 4.43. The summed E-state index contributed by atoms with van der Waals surface area (Å²) in [5, 5.41) is 0. The minimum absolute atomic E-state index is 0.504. The molecule has 3 aromatic rings. The molecule has 0 saturated carbocycles. The molecule has 26 heavy (non-hydrogen) atoms. The van der Waals surface area contributed by atoms with E-state index in [-0.39, 0.29) is 0 Å². The van der Waals surface area contributed by atoms with E-state index in [1.165, 1.54) is 49.4 Å². The van der Waals surface area contributed by atoms with E-state index in [1.807, 2.05) is 18.3 Å². The molecule has 4 heterocycles.